The predicted molar refractivity (Wildman–Crippen MR) is 114 cm³/mol. The van der Waals surface area contributed by atoms with E-state index in [0.717, 1.165) is 11.1 Å². The molecule has 5 nitrogen and oxygen atoms in total. The van der Waals surface area contributed by atoms with Gasteiger partial charge in [0.2, 0.25) is 11.8 Å². The monoisotopic (exact) mass is 454 g/mol. The fourth-order valence-corrected chi connectivity index (χ4v) is 4.08. The topological polar surface area (TPSA) is 72.6 Å². The maximum atomic E-state index is 12.9. The van der Waals surface area contributed by atoms with Gasteiger partial charge in [0.25, 0.3) is 0 Å². The van der Waals surface area contributed by atoms with Crippen LogP contribution in [0.25, 0.3) is 0 Å². The fraction of sp³-hybridized carbons (Fsp3) is 0.333. The number of hydrogen-bond acceptors (Lipinski definition) is 3. The van der Waals surface area contributed by atoms with Gasteiger partial charge in [-0.05, 0) is 41.8 Å². The molecule has 0 saturated carbocycles. The lowest BCUT2D eigenvalue weighted by molar-refractivity contribution is -0.166. The number of nitrogens with two attached hydrogens (primary N) is 1. The lowest BCUT2D eigenvalue weighted by atomic mass is 9.90. The molecule has 0 aliphatic carbocycles. The normalized spacial score (nSPS) is 20.6. The van der Waals surface area contributed by atoms with Gasteiger partial charge in [0.15, 0.2) is 0 Å². The van der Waals surface area contributed by atoms with Crippen LogP contribution in [0.4, 0.5) is 0 Å². The van der Waals surface area contributed by atoms with Crippen LogP contribution in [-0.2, 0) is 14.3 Å². The van der Waals surface area contributed by atoms with Crippen molar-refractivity contribution in [2.75, 3.05) is 6.61 Å². The number of morpholine rings is 1. The zero-order valence-corrected chi connectivity index (χ0v) is 18.0. The second kappa shape index (κ2) is 9.35. The lowest BCUT2D eigenvalue weighted by Crippen LogP contribution is -2.55. The Bertz CT molecular complexity index is 905. The minimum atomic E-state index is -0.748. The van der Waals surface area contributed by atoms with E-state index in [2.05, 4.69) is 0 Å². The van der Waals surface area contributed by atoms with Crippen molar-refractivity contribution in [2.24, 2.45) is 5.73 Å². The van der Waals surface area contributed by atoms with E-state index in [0.29, 0.717) is 27.9 Å². The second-order valence-corrected chi connectivity index (χ2v) is 8.16. The molecule has 2 aromatic rings. The summed E-state index contributed by atoms with van der Waals surface area (Å²) >= 11 is 18.3. The van der Waals surface area contributed by atoms with E-state index in [4.69, 9.17) is 45.3 Å². The van der Waals surface area contributed by atoms with E-state index >= 15 is 0 Å². The van der Waals surface area contributed by atoms with E-state index in [1.54, 1.807) is 35.2 Å². The van der Waals surface area contributed by atoms with Crippen LogP contribution in [0.1, 0.15) is 43.0 Å². The Morgan fingerprint density at radius 1 is 1.14 bits per heavy atom. The molecule has 0 bridgehead atoms. The molecular formula is C21H21Cl3N2O3. The molecule has 1 fully saturated rings. The molecule has 1 aliphatic rings. The van der Waals surface area contributed by atoms with Gasteiger partial charge >= 0.3 is 0 Å². The van der Waals surface area contributed by atoms with Gasteiger partial charge in [-0.25, -0.2) is 0 Å². The van der Waals surface area contributed by atoms with E-state index in [1.807, 2.05) is 19.1 Å². The van der Waals surface area contributed by atoms with Crippen molar-refractivity contribution in [2.45, 2.75) is 38.0 Å². The van der Waals surface area contributed by atoms with Crippen LogP contribution in [-0.4, -0.2) is 29.4 Å². The highest BCUT2D eigenvalue weighted by Gasteiger charge is 2.43. The van der Waals surface area contributed by atoms with Crippen LogP contribution in [0.2, 0.25) is 15.1 Å². The molecule has 0 aromatic heterocycles. The zero-order valence-electron chi connectivity index (χ0n) is 15.8. The van der Waals surface area contributed by atoms with Gasteiger partial charge in [0, 0.05) is 5.02 Å². The van der Waals surface area contributed by atoms with Crippen molar-refractivity contribution >= 4 is 46.6 Å². The first-order chi connectivity index (χ1) is 13.8. The third kappa shape index (κ3) is 4.69. The second-order valence-electron chi connectivity index (χ2n) is 6.91. The molecule has 0 radical (unpaired) electrons. The maximum absolute atomic E-state index is 12.9. The van der Waals surface area contributed by atoms with Crippen molar-refractivity contribution in [3.8, 4) is 0 Å². The summed E-state index contributed by atoms with van der Waals surface area (Å²) in [7, 11) is 0. The third-order valence-electron chi connectivity index (χ3n) is 4.97. The molecule has 29 heavy (non-hydrogen) atoms. The first-order valence-electron chi connectivity index (χ1n) is 9.26. The van der Waals surface area contributed by atoms with Gasteiger partial charge in [0.05, 0.1) is 16.1 Å². The van der Waals surface area contributed by atoms with Crippen LogP contribution in [0.5, 0.6) is 0 Å². The molecule has 2 aromatic carbocycles. The molecule has 0 unspecified atom stereocenters. The summed E-state index contributed by atoms with van der Waals surface area (Å²) in [5.74, 6) is -0.840. The summed E-state index contributed by atoms with van der Waals surface area (Å²) in [6.45, 7) is 1.77. The SMILES string of the molecule is CCC[C@@H](C(N)=O)N1C(=O)CO[C@@H](c2ccc(Cl)c(Cl)c2)[C@H]1c1ccc(Cl)cc1. The summed E-state index contributed by atoms with van der Waals surface area (Å²) in [5, 5.41) is 1.36. The van der Waals surface area contributed by atoms with Crippen molar-refractivity contribution in [1.29, 1.82) is 0 Å². The van der Waals surface area contributed by atoms with E-state index < -0.39 is 24.1 Å². The molecule has 154 valence electrons. The Morgan fingerprint density at radius 2 is 1.79 bits per heavy atom. The largest absolute Gasteiger partial charge is 0.368 e. The average molecular weight is 456 g/mol. The standard InChI is InChI=1S/C21H21Cl3N2O3/c1-2-3-17(21(25)28)26-18(27)11-29-20(13-6-9-15(23)16(24)10-13)19(26)12-4-7-14(22)8-5-12/h4-10,17,19-20H,2-3,11H2,1H3,(H2,25,28)/t17-,19+,20-/m0/s1. The molecular weight excluding hydrogens is 435 g/mol. The summed E-state index contributed by atoms with van der Waals surface area (Å²) < 4.78 is 5.93. The number of benzene rings is 2. The highest BCUT2D eigenvalue weighted by molar-refractivity contribution is 6.42. The van der Waals surface area contributed by atoms with Crippen molar-refractivity contribution in [3.63, 3.8) is 0 Å². The number of carbonyl (C=O) groups is 2. The quantitative estimate of drug-likeness (QED) is 0.670. The predicted octanol–water partition coefficient (Wildman–Crippen LogP) is 4.94. The maximum Gasteiger partial charge on any atom is 0.249 e. The Kier molecular flexibility index (Phi) is 7.06. The number of hydrogen-bond donors (Lipinski definition) is 1. The van der Waals surface area contributed by atoms with Crippen LogP contribution in [0, 0.1) is 0 Å². The van der Waals surface area contributed by atoms with Gasteiger partial charge in [-0.3, -0.25) is 9.59 Å². The lowest BCUT2D eigenvalue weighted by Gasteiger charge is -2.44. The van der Waals surface area contributed by atoms with Crippen LogP contribution < -0.4 is 5.73 Å². The Balaban J connectivity index is 2.13. The smallest absolute Gasteiger partial charge is 0.249 e. The number of halogens is 3. The zero-order chi connectivity index (χ0) is 21.1. The molecule has 2 amide bonds. The van der Waals surface area contributed by atoms with Gasteiger partial charge in [-0.2, -0.15) is 0 Å². The highest BCUT2D eigenvalue weighted by Crippen LogP contribution is 2.43. The summed E-state index contributed by atoms with van der Waals surface area (Å²) in [6, 6.07) is 11.0. The summed E-state index contributed by atoms with van der Waals surface area (Å²) in [5.41, 5.74) is 7.20. The average Bonchev–Trinajstić information content (AvgIpc) is 2.69. The molecule has 1 saturated heterocycles. The number of ether oxygens (including phenoxy) is 1. The number of rotatable bonds is 6. The molecule has 8 heteroatoms. The summed E-state index contributed by atoms with van der Waals surface area (Å²) in [6.07, 6.45) is 0.602. The molecule has 3 rings (SSSR count). The van der Waals surface area contributed by atoms with Crippen molar-refractivity contribution in [3.05, 3.63) is 68.7 Å². The molecule has 1 heterocycles. The van der Waals surface area contributed by atoms with Gasteiger partial charge in [-0.15, -0.1) is 0 Å². The molecule has 1 aliphatic heterocycles. The van der Waals surface area contributed by atoms with E-state index in [1.165, 1.54) is 0 Å². The number of carbonyl (C=O) groups excluding carboxylic acids is 2. The van der Waals surface area contributed by atoms with Gasteiger partial charge in [0.1, 0.15) is 18.8 Å². The highest BCUT2D eigenvalue weighted by atomic mass is 35.5. The van der Waals surface area contributed by atoms with Gasteiger partial charge in [-0.1, -0.05) is 66.3 Å². The van der Waals surface area contributed by atoms with Crippen molar-refractivity contribution < 1.29 is 14.3 Å². The Morgan fingerprint density at radius 3 is 2.38 bits per heavy atom. The molecule has 0 spiro atoms. The molecule has 2 N–H and O–H groups in total. The van der Waals surface area contributed by atoms with E-state index in [9.17, 15) is 9.59 Å². The number of primary amides is 1. The molecule has 3 atom stereocenters. The third-order valence-corrected chi connectivity index (χ3v) is 5.96. The fourth-order valence-electron chi connectivity index (χ4n) is 3.65. The summed E-state index contributed by atoms with van der Waals surface area (Å²) in [4.78, 5) is 26.7. The Labute approximate surface area is 184 Å². The number of nitrogens with zero attached hydrogens (tertiary/aromatic N) is 1. The Hall–Kier alpha value is -1.79. The minimum absolute atomic E-state index is 0.164. The van der Waals surface area contributed by atoms with Crippen LogP contribution >= 0.6 is 34.8 Å². The first kappa shape index (κ1) is 21.9. The first-order valence-corrected chi connectivity index (χ1v) is 10.4. The van der Waals surface area contributed by atoms with Crippen LogP contribution in [0.15, 0.2) is 42.5 Å². The van der Waals surface area contributed by atoms with Gasteiger partial charge < -0.3 is 15.4 Å². The van der Waals surface area contributed by atoms with Crippen LogP contribution in [0.3, 0.4) is 0 Å². The number of amides is 2. The minimum Gasteiger partial charge on any atom is -0.368 e. The van der Waals surface area contributed by atoms with E-state index in [-0.39, 0.29) is 12.5 Å². The van der Waals surface area contributed by atoms with Crippen molar-refractivity contribution in [1.82, 2.24) is 4.90 Å².